The molecule has 2 fully saturated rings. The Bertz CT molecular complexity index is 2300. The summed E-state index contributed by atoms with van der Waals surface area (Å²) in [7, 11) is 3.10. The Morgan fingerprint density at radius 3 is 2.68 bits per heavy atom. The number of aryl methyl sites for hydroxylation is 1. The van der Waals surface area contributed by atoms with Gasteiger partial charge < -0.3 is 29.7 Å². The van der Waals surface area contributed by atoms with Crippen molar-refractivity contribution in [1.82, 2.24) is 35.0 Å². The number of hydrogen-bond donors (Lipinski definition) is 3. The lowest BCUT2D eigenvalue weighted by atomic mass is 10.0. The van der Waals surface area contributed by atoms with E-state index in [0.29, 0.717) is 65.4 Å². The molecule has 0 radical (unpaired) electrons. The predicted molar refractivity (Wildman–Crippen MR) is 198 cm³/mol. The van der Waals surface area contributed by atoms with Crippen molar-refractivity contribution in [3.63, 3.8) is 0 Å². The van der Waals surface area contributed by atoms with Crippen LogP contribution in [0.25, 0.3) is 10.9 Å². The minimum absolute atomic E-state index is 0.0331. The number of rotatable bonds is 10. The molecule has 0 saturated carbocycles. The highest BCUT2D eigenvalue weighted by Crippen LogP contribution is 2.31. The maximum Gasteiger partial charge on any atom is 0.293 e. The van der Waals surface area contributed by atoms with Crippen LogP contribution in [0.4, 0.5) is 17.5 Å². The summed E-state index contributed by atoms with van der Waals surface area (Å²) in [6.07, 6.45) is 2.97. The summed E-state index contributed by atoms with van der Waals surface area (Å²) in [4.78, 5) is 75.9. The Labute approximate surface area is 314 Å². The Kier molecular flexibility index (Phi) is 8.99. The molecule has 1 atom stereocenters. The van der Waals surface area contributed by atoms with E-state index in [-0.39, 0.29) is 72.6 Å². The average molecular weight is 745 g/mol. The van der Waals surface area contributed by atoms with Crippen molar-refractivity contribution in [3.8, 4) is 5.75 Å². The summed E-state index contributed by atoms with van der Waals surface area (Å²) < 4.78 is 32.1. The quantitative estimate of drug-likeness (QED) is 0.204. The molecule has 4 aromatic rings. The summed E-state index contributed by atoms with van der Waals surface area (Å²) in [6.45, 7) is -1.38. The number of halogens is 1. The van der Waals surface area contributed by atoms with Gasteiger partial charge >= 0.3 is 0 Å². The maximum absolute atomic E-state index is 13.2. The number of piperidine rings is 2. The lowest BCUT2D eigenvalue weighted by molar-refractivity contribution is -0.137. The molecular weight excluding hydrogens is 702 g/mol. The number of nitrogens with one attached hydrogen (secondary N) is 3. The number of likely N-dealkylation sites (N-methyl/N-ethyl adjacent to an activating group) is 1. The Balaban J connectivity index is 1.02. The fourth-order valence-corrected chi connectivity index (χ4v) is 7.15. The van der Waals surface area contributed by atoms with Gasteiger partial charge in [0.1, 0.15) is 11.1 Å². The van der Waals surface area contributed by atoms with Gasteiger partial charge in [0.05, 0.1) is 11.7 Å². The second kappa shape index (κ2) is 14.8. The highest BCUT2D eigenvalue weighted by atomic mass is 35.5. The van der Waals surface area contributed by atoms with Crippen molar-refractivity contribution in [2.45, 2.75) is 50.9 Å². The Morgan fingerprint density at radius 2 is 1.92 bits per heavy atom. The van der Waals surface area contributed by atoms with Gasteiger partial charge in [0, 0.05) is 73.5 Å². The molecule has 4 amide bonds. The maximum atomic E-state index is 13.2. The minimum Gasteiger partial charge on any atom is -0.478 e. The molecule has 0 spiro atoms. The van der Waals surface area contributed by atoms with Crippen LogP contribution in [-0.4, -0.2) is 93.8 Å². The summed E-state index contributed by atoms with van der Waals surface area (Å²) in [5, 5.41) is 8.96. The zero-order chi connectivity index (χ0) is 39.9. The van der Waals surface area contributed by atoms with Crippen LogP contribution >= 0.6 is 11.6 Å². The Hall–Kier alpha value is -5.54. The van der Waals surface area contributed by atoms with Gasteiger partial charge in [-0.15, -0.1) is 0 Å². The second-order valence-electron chi connectivity index (χ2n) is 13.3. The molecule has 2 aromatic heterocycles. The van der Waals surface area contributed by atoms with Crippen molar-refractivity contribution in [1.29, 1.82) is 0 Å². The molecule has 15 nitrogen and oxygen atoms in total. The number of fused-ring (bicyclic) bond motifs is 2. The van der Waals surface area contributed by atoms with Gasteiger partial charge in [-0.25, -0.2) is 4.98 Å². The third-order valence-corrected chi connectivity index (χ3v) is 10.2. The normalized spacial score (nSPS) is 18.8. The third kappa shape index (κ3) is 7.39. The lowest BCUT2D eigenvalue weighted by Crippen LogP contribution is -2.52. The zero-order valence-electron chi connectivity index (χ0n) is 32.1. The molecule has 0 bridgehead atoms. The molecule has 3 aliphatic rings. The number of aromatic nitrogens is 3. The van der Waals surface area contributed by atoms with Crippen LogP contribution in [0.2, 0.25) is 5.02 Å². The molecular formula is C37H40ClN9O6. The van der Waals surface area contributed by atoms with Crippen molar-refractivity contribution in [2.75, 3.05) is 43.9 Å². The lowest BCUT2D eigenvalue weighted by Gasteiger charge is -2.37. The molecule has 0 aliphatic carbocycles. The number of benzene rings is 2. The molecule has 276 valence electrons. The number of amides is 4. The number of anilines is 3. The van der Waals surface area contributed by atoms with Crippen LogP contribution in [0.1, 0.15) is 51.3 Å². The van der Waals surface area contributed by atoms with Gasteiger partial charge in [0.15, 0.2) is 18.2 Å². The van der Waals surface area contributed by atoms with Gasteiger partial charge in [-0.1, -0.05) is 23.7 Å². The van der Waals surface area contributed by atoms with Crippen molar-refractivity contribution in [2.24, 2.45) is 7.05 Å². The Morgan fingerprint density at radius 1 is 1.11 bits per heavy atom. The van der Waals surface area contributed by atoms with Crippen LogP contribution in [0, 0.1) is 0 Å². The van der Waals surface area contributed by atoms with E-state index in [1.165, 1.54) is 27.6 Å². The monoisotopic (exact) mass is 744 g/mol. The van der Waals surface area contributed by atoms with Crippen LogP contribution in [0.5, 0.6) is 5.75 Å². The number of hydrogen-bond acceptors (Lipinski definition) is 11. The van der Waals surface area contributed by atoms with Crippen molar-refractivity contribution in [3.05, 3.63) is 80.7 Å². The number of nitrogens with zero attached hydrogens (tertiary/aromatic N) is 6. The van der Waals surface area contributed by atoms with Crippen LogP contribution in [-0.2, 0) is 34.5 Å². The topological polar surface area (TPSA) is 171 Å². The number of imide groups is 1. The molecule has 5 heterocycles. The average Bonchev–Trinajstić information content (AvgIpc) is 3.49. The summed E-state index contributed by atoms with van der Waals surface area (Å²) in [5.74, 6) is -0.677. The van der Waals surface area contributed by atoms with E-state index in [9.17, 15) is 24.0 Å². The largest absolute Gasteiger partial charge is 0.478 e. The SMILES string of the molecule is [2H]C([2H])([2H])N(Cc1ccc2c(c1)CN(C1CCC(=O)NC1=O)C2=O)C1CCN(c2ncc(Cl)c(Nc3ccc4c(c3)cc(OCC(=O)NC)c(=O)n4C)n2)CC1. The van der Waals surface area contributed by atoms with Gasteiger partial charge in [-0.3, -0.25) is 34.2 Å². The molecule has 1 unspecified atom stereocenters. The van der Waals surface area contributed by atoms with Crippen molar-refractivity contribution >= 4 is 63.6 Å². The van der Waals surface area contributed by atoms with E-state index in [2.05, 4.69) is 20.9 Å². The first-order valence-corrected chi connectivity index (χ1v) is 17.6. The summed E-state index contributed by atoms with van der Waals surface area (Å²) >= 11 is 6.52. The third-order valence-electron chi connectivity index (χ3n) is 9.95. The molecule has 3 aliphatic heterocycles. The molecule has 2 saturated heterocycles. The first-order chi connectivity index (χ1) is 26.7. The highest BCUT2D eigenvalue weighted by Gasteiger charge is 2.39. The highest BCUT2D eigenvalue weighted by molar-refractivity contribution is 6.33. The van der Waals surface area contributed by atoms with E-state index in [1.54, 1.807) is 37.4 Å². The number of ether oxygens (including phenoxy) is 1. The van der Waals surface area contributed by atoms with Crippen LogP contribution in [0.3, 0.4) is 0 Å². The predicted octanol–water partition coefficient (Wildman–Crippen LogP) is 2.71. The first kappa shape index (κ1) is 32.1. The van der Waals surface area contributed by atoms with Gasteiger partial charge in [-0.2, -0.15) is 4.98 Å². The second-order valence-corrected chi connectivity index (χ2v) is 13.7. The minimum atomic E-state index is -2.39. The van der Waals surface area contributed by atoms with Gasteiger partial charge in [0.2, 0.25) is 17.8 Å². The summed E-state index contributed by atoms with van der Waals surface area (Å²) in [5.41, 5.74) is 2.83. The fraction of sp³-hybridized carbons (Fsp3) is 0.378. The zero-order valence-corrected chi connectivity index (χ0v) is 29.9. The van der Waals surface area contributed by atoms with E-state index < -0.39 is 18.9 Å². The molecule has 7 rings (SSSR count). The fourth-order valence-electron chi connectivity index (χ4n) is 7.01. The van der Waals surface area contributed by atoms with Crippen LogP contribution in [0.15, 0.2) is 53.5 Å². The smallest absolute Gasteiger partial charge is 0.293 e. The molecule has 3 N–H and O–H groups in total. The van der Waals surface area contributed by atoms with E-state index >= 15 is 0 Å². The van der Waals surface area contributed by atoms with E-state index in [1.807, 2.05) is 17.0 Å². The van der Waals surface area contributed by atoms with Crippen LogP contribution < -0.4 is 31.1 Å². The summed E-state index contributed by atoms with van der Waals surface area (Å²) in [6, 6.07) is 11.2. The molecule has 2 aromatic carbocycles. The van der Waals surface area contributed by atoms with E-state index in [0.717, 1.165) is 5.56 Å². The molecule has 53 heavy (non-hydrogen) atoms. The number of pyridine rings is 1. The van der Waals surface area contributed by atoms with Gasteiger partial charge in [0.25, 0.3) is 17.4 Å². The first-order valence-electron chi connectivity index (χ1n) is 18.7. The van der Waals surface area contributed by atoms with E-state index in [4.69, 9.17) is 25.4 Å². The van der Waals surface area contributed by atoms with Gasteiger partial charge in [-0.05, 0) is 67.7 Å². The molecule has 16 heteroatoms. The van der Waals surface area contributed by atoms with Crippen molar-refractivity contribution < 1.29 is 28.0 Å². The number of carbonyl (C=O) groups is 4. The number of carbonyl (C=O) groups excluding carboxylic acids is 4. The standard InChI is InChI=1S/C37H40ClN9O6/c1-39-32(49)20-53-30-16-22-15-24(5-7-28(22)45(3)36(30)52)41-33-27(38)17-40-37(43-33)46-12-10-25(11-13-46)44(2)18-21-4-6-26-23(14-21)19-47(35(26)51)29-8-9-31(48)42-34(29)50/h4-7,14-17,25,29H,8-13,18-20H2,1-3H3,(H,39,49)(H,40,41,43)(H,42,48,50)/i2D3.